The zero-order valence-corrected chi connectivity index (χ0v) is 14.4. The van der Waals surface area contributed by atoms with Crippen molar-refractivity contribution in [3.8, 4) is 0 Å². The Morgan fingerprint density at radius 1 is 1.50 bits per heavy atom. The maximum Gasteiger partial charge on any atom is 0.110 e. The lowest BCUT2D eigenvalue weighted by molar-refractivity contribution is 0.248. The maximum absolute atomic E-state index is 4.60. The second-order valence-electron chi connectivity index (χ2n) is 6.97. The summed E-state index contributed by atoms with van der Waals surface area (Å²) < 4.78 is 0. The van der Waals surface area contributed by atoms with Crippen LogP contribution in [0.15, 0.2) is 6.20 Å². The first-order chi connectivity index (χ1) is 9.39. The number of likely N-dealkylation sites (tertiary alicyclic amines) is 1. The molecule has 1 aromatic heterocycles. The average Bonchev–Trinajstić information content (AvgIpc) is 3.04. The quantitative estimate of drug-likeness (QED) is 0.901. The van der Waals surface area contributed by atoms with Gasteiger partial charge in [-0.2, -0.15) is 0 Å². The van der Waals surface area contributed by atoms with Crippen molar-refractivity contribution in [2.45, 2.75) is 59.0 Å². The molecular formula is C16H29N3S. The van der Waals surface area contributed by atoms with Crippen LogP contribution in [0.2, 0.25) is 0 Å². The van der Waals surface area contributed by atoms with Crippen molar-refractivity contribution in [2.24, 2.45) is 5.92 Å². The number of nitrogens with zero attached hydrogens (tertiary/aromatic N) is 2. The number of thiazole rings is 1. The normalized spacial score (nSPS) is 22.4. The molecule has 1 aromatic rings. The Morgan fingerprint density at radius 3 is 2.85 bits per heavy atom. The molecular weight excluding hydrogens is 266 g/mol. The van der Waals surface area contributed by atoms with Gasteiger partial charge < -0.3 is 5.32 Å². The van der Waals surface area contributed by atoms with Crippen molar-refractivity contribution in [2.75, 3.05) is 19.6 Å². The molecule has 4 heteroatoms. The molecule has 1 aliphatic heterocycles. The van der Waals surface area contributed by atoms with E-state index in [1.54, 1.807) is 0 Å². The van der Waals surface area contributed by atoms with E-state index in [4.69, 9.17) is 0 Å². The molecule has 1 aliphatic rings. The number of rotatable bonds is 5. The predicted molar refractivity (Wildman–Crippen MR) is 87.3 cm³/mol. The number of nitrogens with one attached hydrogen (secondary N) is 1. The monoisotopic (exact) mass is 295 g/mol. The minimum Gasteiger partial charge on any atom is -0.312 e. The van der Waals surface area contributed by atoms with Crippen LogP contribution in [0.5, 0.6) is 0 Å². The van der Waals surface area contributed by atoms with Gasteiger partial charge >= 0.3 is 0 Å². The van der Waals surface area contributed by atoms with Gasteiger partial charge in [-0.1, -0.05) is 6.92 Å². The molecule has 0 amide bonds. The fraction of sp³-hybridized carbons (Fsp3) is 0.812. The van der Waals surface area contributed by atoms with E-state index < -0.39 is 0 Å². The van der Waals surface area contributed by atoms with Gasteiger partial charge in [-0.15, -0.1) is 11.3 Å². The third kappa shape index (κ3) is 4.27. The number of hydrogen-bond donors (Lipinski definition) is 1. The highest BCUT2D eigenvalue weighted by atomic mass is 32.1. The summed E-state index contributed by atoms with van der Waals surface area (Å²) in [5.41, 5.74) is 0.227. The van der Waals surface area contributed by atoms with E-state index in [9.17, 15) is 0 Å². The topological polar surface area (TPSA) is 28.2 Å². The van der Waals surface area contributed by atoms with Crippen LogP contribution in [0.25, 0.3) is 0 Å². The predicted octanol–water partition coefficient (Wildman–Crippen LogP) is 3.48. The van der Waals surface area contributed by atoms with Crippen molar-refractivity contribution >= 4 is 11.3 Å². The van der Waals surface area contributed by atoms with Crippen LogP contribution in [0.4, 0.5) is 0 Å². The molecule has 1 N–H and O–H groups in total. The zero-order chi connectivity index (χ0) is 14.8. The summed E-state index contributed by atoms with van der Waals surface area (Å²) >= 11 is 1.88. The molecule has 1 fully saturated rings. The fourth-order valence-corrected chi connectivity index (χ4v) is 3.61. The van der Waals surface area contributed by atoms with E-state index in [0.717, 1.165) is 18.9 Å². The highest BCUT2D eigenvalue weighted by Gasteiger charge is 2.28. The summed E-state index contributed by atoms with van der Waals surface area (Å²) in [7, 11) is 0. The Morgan fingerprint density at radius 2 is 2.25 bits per heavy atom. The smallest absolute Gasteiger partial charge is 0.110 e. The minimum absolute atomic E-state index is 0.227. The standard InChI is InChI=1S/C16H29N3S/c1-6-14-10-17-15(20-14)12(2)19-8-7-13(11-19)9-18-16(3,4)5/h10,12-13,18H,6-9,11H2,1-5H3. The third-order valence-electron chi connectivity index (χ3n) is 4.06. The lowest BCUT2D eigenvalue weighted by Crippen LogP contribution is -2.39. The van der Waals surface area contributed by atoms with Crippen LogP contribution in [-0.4, -0.2) is 35.1 Å². The van der Waals surface area contributed by atoms with Crippen molar-refractivity contribution in [3.63, 3.8) is 0 Å². The minimum atomic E-state index is 0.227. The summed E-state index contributed by atoms with van der Waals surface area (Å²) in [6.07, 6.45) is 4.45. The molecule has 0 saturated carbocycles. The van der Waals surface area contributed by atoms with Crippen LogP contribution in [-0.2, 0) is 6.42 Å². The fourth-order valence-electron chi connectivity index (χ4n) is 2.67. The molecule has 0 aliphatic carbocycles. The summed E-state index contributed by atoms with van der Waals surface area (Å²) in [6.45, 7) is 14.8. The van der Waals surface area contributed by atoms with Crippen molar-refractivity contribution in [1.29, 1.82) is 0 Å². The van der Waals surface area contributed by atoms with Gasteiger partial charge in [0.25, 0.3) is 0 Å². The Bertz CT molecular complexity index is 422. The summed E-state index contributed by atoms with van der Waals surface area (Å²) in [5, 5.41) is 4.92. The Hall–Kier alpha value is -0.450. The number of hydrogen-bond acceptors (Lipinski definition) is 4. The zero-order valence-electron chi connectivity index (χ0n) is 13.6. The average molecular weight is 295 g/mol. The van der Waals surface area contributed by atoms with Gasteiger partial charge in [0.2, 0.25) is 0 Å². The molecule has 2 unspecified atom stereocenters. The van der Waals surface area contributed by atoms with E-state index in [0.29, 0.717) is 6.04 Å². The van der Waals surface area contributed by atoms with Gasteiger partial charge in [0.05, 0.1) is 6.04 Å². The molecule has 20 heavy (non-hydrogen) atoms. The van der Waals surface area contributed by atoms with Gasteiger partial charge in [-0.3, -0.25) is 4.90 Å². The highest BCUT2D eigenvalue weighted by Crippen LogP contribution is 2.30. The van der Waals surface area contributed by atoms with Gasteiger partial charge in [-0.25, -0.2) is 4.98 Å². The van der Waals surface area contributed by atoms with E-state index in [2.05, 4.69) is 49.8 Å². The molecule has 2 atom stereocenters. The highest BCUT2D eigenvalue weighted by molar-refractivity contribution is 7.11. The molecule has 0 bridgehead atoms. The molecule has 0 spiro atoms. The van der Waals surface area contributed by atoms with Gasteiger partial charge in [0, 0.05) is 23.2 Å². The number of aryl methyl sites for hydroxylation is 1. The van der Waals surface area contributed by atoms with E-state index in [1.165, 1.54) is 29.4 Å². The van der Waals surface area contributed by atoms with E-state index in [-0.39, 0.29) is 5.54 Å². The number of aromatic nitrogens is 1. The molecule has 2 rings (SSSR count). The Labute approximate surface area is 127 Å². The van der Waals surface area contributed by atoms with Crippen molar-refractivity contribution in [3.05, 3.63) is 16.1 Å². The second-order valence-corrected chi connectivity index (χ2v) is 8.12. The maximum atomic E-state index is 4.60. The summed E-state index contributed by atoms with van der Waals surface area (Å²) in [4.78, 5) is 8.59. The first kappa shape index (κ1) is 15.9. The van der Waals surface area contributed by atoms with Gasteiger partial charge in [0.1, 0.15) is 5.01 Å². The van der Waals surface area contributed by atoms with Crippen LogP contribution < -0.4 is 5.32 Å². The molecule has 114 valence electrons. The summed E-state index contributed by atoms with van der Waals surface area (Å²) in [5.74, 6) is 0.780. The van der Waals surface area contributed by atoms with Crippen LogP contribution >= 0.6 is 11.3 Å². The second kappa shape index (κ2) is 6.54. The lowest BCUT2D eigenvalue weighted by Gasteiger charge is -2.25. The lowest BCUT2D eigenvalue weighted by atomic mass is 10.1. The largest absolute Gasteiger partial charge is 0.312 e. The van der Waals surface area contributed by atoms with Crippen LogP contribution in [0, 0.1) is 5.92 Å². The Balaban J connectivity index is 1.85. The van der Waals surface area contributed by atoms with Gasteiger partial charge in [-0.05, 0) is 59.5 Å². The molecule has 0 radical (unpaired) electrons. The molecule has 0 aromatic carbocycles. The first-order valence-electron chi connectivity index (χ1n) is 7.82. The molecule has 3 nitrogen and oxygen atoms in total. The van der Waals surface area contributed by atoms with E-state index >= 15 is 0 Å². The van der Waals surface area contributed by atoms with Gasteiger partial charge in [0.15, 0.2) is 0 Å². The van der Waals surface area contributed by atoms with Crippen LogP contribution in [0.1, 0.15) is 57.0 Å². The Kier molecular flexibility index (Phi) is 5.21. The van der Waals surface area contributed by atoms with E-state index in [1.807, 2.05) is 17.5 Å². The SMILES string of the molecule is CCc1cnc(C(C)N2CCC(CNC(C)(C)C)C2)s1. The molecule has 2 heterocycles. The third-order valence-corrected chi connectivity index (χ3v) is 5.38. The first-order valence-corrected chi connectivity index (χ1v) is 8.64. The summed E-state index contributed by atoms with van der Waals surface area (Å²) in [6, 6.07) is 0.472. The molecule has 1 saturated heterocycles. The van der Waals surface area contributed by atoms with Crippen molar-refractivity contribution < 1.29 is 0 Å². The van der Waals surface area contributed by atoms with Crippen molar-refractivity contribution in [1.82, 2.24) is 15.2 Å². The van der Waals surface area contributed by atoms with Crippen LogP contribution in [0.3, 0.4) is 0 Å².